The van der Waals surface area contributed by atoms with E-state index in [1.165, 1.54) is 0 Å². The SMILES string of the molecule is O[C]1=[Ga][CH]=CC=C1. The second-order valence-corrected chi connectivity index (χ2v) is 4.08. The Bertz CT molecular complexity index is 144. The predicted octanol–water partition coefficient (Wildman–Crippen LogP) is 0.277. The third kappa shape index (κ3) is 1.37. The van der Waals surface area contributed by atoms with E-state index in [-0.39, 0.29) is 0 Å². The Morgan fingerprint density at radius 3 is 2.57 bits per heavy atom. The Balaban J connectivity index is 2.82. The first-order chi connectivity index (χ1) is 3.39. The summed E-state index contributed by atoms with van der Waals surface area (Å²) in [6, 6.07) is 0. The number of aliphatic hydroxyl groups is 1. The average Bonchev–Trinajstić information content (AvgIpc) is 1.69. The van der Waals surface area contributed by atoms with E-state index < -0.39 is 17.0 Å². The van der Waals surface area contributed by atoms with E-state index in [1.807, 2.05) is 12.2 Å². The molecule has 2 heteroatoms. The molecule has 1 aliphatic heterocycles. The summed E-state index contributed by atoms with van der Waals surface area (Å²) in [5.74, 6) is 0. The summed E-state index contributed by atoms with van der Waals surface area (Å²) in [6.45, 7) is 0. The molecule has 0 saturated heterocycles. The monoisotopic (exact) mass is 150 g/mol. The summed E-state index contributed by atoms with van der Waals surface area (Å²) in [5.41, 5.74) is 0. The molecular weight excluding hydrogens is 146 g/mol. The van der Waals surface area contributed by atoms with Gasteiger partial charge in [0.05, 0.1) is 0 Å². The average molecular weight is 151 g/mol. The number of rotatable bonds is 0. The van der Waals surface area contributed by atoms with E-state index in [2.05, 4.69) is 4.63 Å². The Kier molecular flexibility index (Phi) is 1.54. The topological polar surface area (TPSA) is 20.2 Å². The number of hydrogen-bond acceptors (Lipinski definition) is 1. The molecule has 1 aliphatic rings. The van der Waals surface area contributed by atoms with Gasteiger partial charge in [-0.25, -0.2) is 0 Å². The Morgan fingerprint density at radius 2 is 2.29 bits per heavy atom. The van der Waals surface area contributed by atoms with E-state index in [0.29, 0.717) is 4.25 Å². The summed E-state index contributed by atoms with van der Waals surface area (Å²) in [5, 5.41) is 8.76. The molecule has 0 spiro atoms. The van der Waals surface area contributed by atoms with Gasteiger partial charge in [-0.1, -0.05) is 0 Å². The number of hydrogen-bond donors (Lipinski definition) is 1. The van der Waals surface area contributed by atoms with Gasteiger partial charge in [0.15, 0.2) is 0 Å². The summed E-state index contributed by atoms with van der Waals surface area (Å²) >= 11 is -0.494. The standard InChI is InChI=1S/C5H5O.Ga/c1-2-3-4-5-6;/h1-4,6H;. The van der Waals surface area contributed by atoms with E-state index in [1.54, 1.807) is 6.08 Å². The van der Waals surface area contributed by atoms with Gasteiger partial charge in [0, 0.05) is 0 Å². The van der Waals surface area contributed by atoms with Crippen molar-refractivity contribution in [1.82, 2.24) is 0 Å². The molecule has 0 aromatic carbocycles. The van der Waals surface area contributed by atoms with Crippen LogP contribution in [0.1, 0.15) is 0 Å². The molecule has 0 aliphatic carbocycles. The van der Waals surface area contributed by atoms with E-state index in [0.717, 1.165) is 0 Å². The molecule has 0 aromatic rings. The van der Waals surface area contributed by atoms with Crippen LogP contribution in [-0.4, -0.2) is 26.3 Å². The summed E-state index contributed by atoms with van der Waals surface area (Å²) in [7, 11) is 0. The van der Waals surface area contributed by atoms with Crippen LogP contribution >= 0.6 is 0 Å². The first-order valence-electron chi connectivity index (χ1n) is 2.13. The van der Waals surface area contributed by atoms with Crippen LogP contribution in [0, 0.1) is 0 Å². The van der Waals surface area contributed by atoms with E-state index >= 15 is 0 Å². The maximum atomic E-state index is 8.76. The third-order valence-electron chi connectivity index (χ3n) is 0.756. The Hall–Kier alpha value is -0.214. The predicted molar refractivity (Wildman–Crippen MR) is 31.0 cm³/mol. The van der Waals surface area contributed by atoms with Crippen LogP contribution in [0.25, 0.3) is 0 Å². The summed E-state index contributed by atoms with van der Waals surface area (Å²) in [4.78, 5) is 0. The molecule has 0 radical (unpaired) electrons. The van der Waals surface area contributed by atoms with Gasteiger partial charge < -0.3 is 0 Å². The van der Waals surface area contributed by atoms with Crippen LogP contribution in [0.5, 0.6) is 0 Å². The van der Waals surface area contributed by atoms with Crippen molar-refractivity contribution in [3.05, 3.63) is 22.9 Å². The van der Waals surface area contributed by atoms with Crippen molar-refractivity contribution in [3.8, 4) is 0 Å². The zero-order chi connectivity index (χ0) is 5.11. The Morgan fingerprint density at radius 1 is 1.43 bits per heavy atom. The van der Waals surface area contributed by atoms with Gasteiger partial charge in [0.2, 0.25) is 0 Å². The van der Waals surface area contributed by atoms with Crippen LogP contribution in [0.2, 0.25) is 0 Å². The maximum absolute atomic E-state index is 8.76. The van der Waals surface area contributed by atoms with Gasteiger partial charge >= 0.3 is 49.2 Å². The Labute approximate surface area is 49.7 Å². The first kappa shape index (κ1) is 4.93. The summed E-state index contributed by atoms with van der Waals surface area (Å²) < 4.78 is 2.67. The molecule has 1 N–H and O–H groups in total. The van der Waals surface area contributed by atoms with E-state index in [4.69, 9.17) is 5.11 Å². The molecule has 0 saturated carbocycles. The molecule has 0 unspecified atom stereocenters. The molecule has 0 bridgehead atoms. The summed E-state index contributed by atoms with van der Waals surface area (Å²) in [6.07, 6.45) is 5.61. The van der Waals surface area contributed by atoms with Crippen molar-refractivity contribution in [1.29, 1.82) is 0 Å². The molecule has 0 aromatic heterocycles. The number of aliphatic hydroxyl groups excluding tert-OH is 1. The number of allylic oxidation sites excluding steroid dienone is 2. The van der Waals surface area contributed by atoms with Crippen LogP contribution in [-0.2, 0) is 0 Å². The van der Waals surface area contributed by atoms with Gasteiger partial charge in [0.1, 0.15) is 0 Å². The molecule has 34 valence electrons. The second kappa shape index (κ2) is 2.19. The third-order valence-corrected chi connectivity index (χ3v) is 2.75. The molecule has 1 nitrogen and oxygen atoms in total. The zero-order valence-corrected chi connectivity index (χ0v) is 6.26. The molecule has 0 fully saturated rings. The van der Waals surface area contributed by atoms with Gasteiger partial charge in [-0.15, -0.1) is 0 Å². The van der Waals surface area contributed by atoms with Crippen molar-refractivity contribution in [2.75, 3.05) is 0 Å². The van der Waals surface area contributed by atoms with Crippen molar-refractivity contribution >= 4 is 21.2 Å². The van der Waals surface area contributed by atoms with E-state index in [9.17, 15) is 0 Å². The second-order valence-electron chi connectivity index (χ2n) is 1.34. The van der Waals surface area contributed by atoms with Crippen molar-refractivity contribution in [2.45, 2.75) is 0 Å². The minimum atomic E-state index is -0.494. The van der Waals surface area contributed by atoms with Crippen LogP contribution < -0.4 is 0 Å². The fraction of sp³-hybridized carbons (Fsp3) is 0. The minimum absolute atomic E-state index is 0.494. The van der Waals surface area contributed by atoms with Crippen molar-refractivity contribution in [2.24, 2.45) is 0 Å². The van der Waals surface area contributed by atoms with Gasteiger partial charge in [-0.2, -0.15) is 0 Å². The normalized spacial score (nSPS) is 15.7. The quantitative estimate of drug-likeness (QED) is 0.492. The van der Waals surface area contributed by atoms with Crippen LogP contribution in [0.3, 0.4) is 0 Å². The molecule has 1 rings (SSSR count). The van der Waals surface area contributed by atoms with Gasteiger partial charge in [-0.3, -0.25) is 0 Å². The van der Waals surface area contributed by atoms with Crippen LogP contribution in [0.15, 0.2) is 22.9 Å². The van der Waals surface area contributed by atoms with Crippen LogP contribution in [0.4, 0.5) is 0 Å². The fourth-order valence-electron chi connectivity index (χ4n) is 0.428. The molecule has 0 atom stereocenters. The molecule has 1 heterocycles. The molecule has 7 heavy (non-hydrogen) atoms. The van der Waals surface area contributed by atoms with Gasteiger partial charge in [0.25, 0.3) is 0 Å². The zero-order valence-electron chi connectivity index (χ0n) is 3.83. The van der Waals surface area contributed by atoms with Crippen molar-refractivity contribution in [3.63, 3.8) is 0 Å². The first-order valence-corrected chi connectivity index (χ1v) is 4.74. The molecule has 0 amide bonds. The van der Waals surface area contributed by atoms with Gasteiger partial charge in [-0.05, 0) is 0 Å². The van der Waals surface area contributed by atoms with Crippen molar-refractivity contribution < 1.29 is 5.11 Å². The fourth-order valence-corrected chi connectivity index (χ4v) is 1.81. The molecular formula is C5H5GaO.